The van der Waals surface area contributed by atoms with Crippen molar-refractivity contribution in [2.45, 2.75) is 12.0 Å². The number of anilines is 1. The van der Waals surface area contributed by atoms with E-state index in [-0.39, 0.29) is 16.6 Å². The molecular formula is C22H15BrClFN4O3. The van der Waals surface area contributed by atoms with E-state index in [1.54, 1.807) is 24.4 Å². The third kappa shape index (κ3) is 3.47. The van der Waals surface area contributed by atoms with Gasteiger partial charge in [0.25, 0.3) is 11.9 Å². The lowest BCUT2D eigenvalue weighted by atomic mass is 9.78. The van der Waals surface area contributed by atoms with E-state index in [1.165, 1.54) is 12.1 Å². The van der Waals surface area contributed by atoms with Gasteiger partial charge in [-0.3, -0.25) is 4.79 Å². The molecule has 7 nitrogen and oxygen atoms in total. The van der Waals surface area contributed by atoms with Gasteiger partial charge in [-0.05, 0) is 58.4 Å². The van der Waals surface area contributed by atoms with E-state index in [0.29, 0.717) is 35.9 Å². The van der Waals surface area contributed by atoms with Crippen molar-refractivity contribution in [3.05, 3.63) is 80.7 Å². The summed E-state index contributed by atoms with van der Waals surface area (Å²) in [5, 5.41) is 2.93. The molecule has 1 aromatic heterocycles. The minimum Gasteiger partial charge on any atom is -0.465 e. The maximum absolute atomic E-state index is 14.2. The fourth-order valence-electron chi connectivity index (χ4n) is 3.91. The van der Waals surface area contributed by atoms with Gasteiger partial charge in [0.1, 0.15) is 17.1 Å². The summed E-state index contributed by atoms with van der Waals surface area (Å²) in [5.41, 5.74) is 6.77. The number of hydrogen-bond donors (Lipinski definition) is 2. The van der Waals surface area contributed by atoms with E-state index in [4.69, 9.17) is 26.8 Å². The molecule has 0 bridgehead atoms. The molecule has 3 N–H and O–H groups in total. The molecule has 3 aromatic rings. The zero-order valence-corrected chi connectivity index (χ0v) is 18.7. The van der Waals surface area contributed by atoms with Gasteiger partial charge in [-0.1, -0.05) is 11.6 Å². The molecule has 0 saturated carbocycles. The number of nitrogens with one attached hydrogen (secondary N) is 1. The second-order valence-corrected chi connectivity index (χ2v) is 8.66. The number of halogens is 3. The molecule has 1 atom stereocenters. The fraction of sp³-hybridized carbons (Fsp3) is 0.136. The minimum absolute atomic E-state index is 0.0488. The van der Waals surface area contributed by atoms with Gasteiger partial charge in [-0.15, -0.1) is 0 Å². The molecule has 5 rings (SSSR count). The van der Waals surface area contributed by atoms with Crippen molar-refractivity contribution in [2.24, 2.45) is 10.7 Å². The van der Waals surface area contributed by atoms with E-state index in [9.17, 15) is 9.18 Å². The molecule has 2 aliphatic rings. The third-order valence-electron chi connectivity index (χ3n) is 5.34. The molecule has 10 heteroatoms. The molecule has 1 spiro atoms. The molecule has 0 fully saturated rings. The minimum atomic E-state index is -0.908. The Kier molecular flexibility index (Phi) is 5.02. The predicted octanol–water partition coefficient (Wildman–Crippen LogP) is 4.97. The molecule has 2 aromatic carbocycles. The Morgan fingerprint density at radius 2 is 2.06 bits per heavy atom. The van der Waals surface area contributed by atoms with Crippen LogP contribution in [0.2, 0.25) is 5.02 Å². The number of carbonyl (C=O) groups is 1. The Hall–Kier alpha value is -3.17. The largest absolute Gasteiger partial charge is 0.465 e. The lowest BCUT2D eigenvalue weighted by Crippen LogP contribution is -2.38. The Labute approximate surface area is 195 Å². The number of hydrogen-bond acceptors (Lipinski definition) is 6. The number of ether oxygens (including phenoxy) is 2. The van der Waals surface area contributed by atoms with Crippen LogP contribution in [0.4, 0.5) is 10.1 Å². The van der Waals surface area contributed by atoms with Gasteiger partial charge >= 0.3 is 0 Å². The highest BCUT2D eigenvalue weighted by Crippen LogP contribution is 2.52. The quantitative estimate of drug-likeness (QED) is 0.500. The number of amides is 1. The molecule has 1 amide bonds. The number of aromatic nitrogens is 1. The molecule has 0 aliphatic carbocycles. The number of amidine groups is 1. The summed E-state index contributed by atoms with van der Waals surface area (Å²) in [7, 11) is 0. The van der Waals surface area contributed by atoms with Crippen molar-refractivity contribution in [3.63, 3.8) is 0 Å². The van der Waals surface area contributed by atoms with Crippen molar-refractivity contribution in [3.8, 4) is 11.6 Å². The first-order valence-electron chi connectivity index (χ1n) is 9.59. The predicted molar refractivity (Wildman–Crippen MR) is 121 cm³/mol. The van der Waals surface area contributed by atoms with Gasteiger partial charge in [0.05, 0.1) is 12.2 Å². The number of nitrogens with two attached hydrogens (primary N) is 1. The van der Waals surface area contributed by atoms with Gasteiger partial charge < -0.3 is 20.5 Å². The molecule has 0 unspecified atom stereocenters. The van der Waals surface area contributed by atoms with E-state index in [2.05, 4.69) is 31.2 Å². The van der Waals surface area contributed by atoms with Crippen molar-refractivity contribution < 1.29 is 18.7 Å². The Morgan fingerprint density at radius 1 is 1.22 bits per heavy atom. The molecule has 32 heavy (non-hydrogen) atoms. The van der Waals surface area contributed by atoms with Crippen LogP contribution in [0, 0.1) is 5.82 Å². The van der Waals surface area contributed by atoms with E-state index < -0.39 is 17.3 Å². The zero-order valence-electron chi connectivity index (χ0n) is 16.4. The SMILES string of the molecule is NC1=N[C@@]2(CCO1)c1cc(NC(=O)c3ccc(Cl)cc3F)ccc1Oc1ncc(Br)cc12. The number of nitrogens with zero attached hydrogens (tertiary/aromatic N) is 2. The van der Waals surface area contributed by atoms with Crippen LogP contribution in [0.1, 0.15) is 27.9 Å². The second-order valence-electron chi connectivity index (χ2n) is 7.31. The highest BCUT2D eigenvalue weighted by Gasteiger charge is 2.45. The van der Waals surface area contributed by atoms with Crippen molar-refractivity contribution >= 4 is 45.1 Å². The highest BCUT2D eigenvalue weighted by atomic mass is 79.9. The van der Waals surface area contributed by atoms with Crippen LogP contribution in [0.15, 0.2) is 58.1 Å². The van der Waals surface area contributed by atoms with Crippen LogP contribution in [-0.4, -0.2) is 23.5 Å². The summed E-state index contributed by atoms with van der Waals surface area (Å²) in [6.45, 7) is 0.341. The molecule has 3 heterocycles. The summed E-state index contributed by atoms with van der Waals surface area (Å²) >= 11 is 9.23. The standard InChI is InChI=1S/C22H15BrClFN4O3/c23-11-7-16-20(27-10-11)32-18-4-2-13(9-15(18)22(16)5-6-31-21(26)29-22)28-19(30)14-3-1-12(24)8-17(14)25/h1-4,7-10H,5-6H2,(H2,26,29)(H,28,30)/t22-/m0/s1. The number of carbonyl (C=O) groups excluding carboxylic acids is 1. The monoisotopic (exact) mass is 516 g/mol. The first-order chi connectivity index (χ1) is 15.4. The van der Waals surface area contributed by atoms with Crippen molar-refractivity contribution in [2.75, 3.05) is 11.9 Å². The smallest absolute Gasteiger partial charge is 0.283 e. The number of fused-ring (bicyclic) bond motifs is 4. The Morgan fingerprint density at radius 3 is 2.84 bits per heavy atom. The van der Waals surface area contributed by atoms with Crippen LogP contribution in [0.3, 0.4) is 0 Å². The van der Waals surface area contributed by atoms with E-state index in [1.807, 2.05) is 6.07 Å². The molecule has 162 valence electrons. The van der Waals surface area contributed by atoms with Crippen LogP contribution < -0.4 is 15.8 Å². The van der Waals surface area contributed by atoms with Gasteiger partial charge in [-0.25, -0.2) is 14.4 Å². The Bertz CT molecular complexity index is 1300. The lowest BCUT2D eigenvalue weighted by molar-refractivity contribution is 0.102. The second kappa shape index (κ2) is 7.75. The number of aliphatic imine (C=N–C) groups is 1. The van der Waals surface area contributed by atoms with E-state index >= 15 is 0 Å². The first-order valence-corrected chi connectivity index (χ1v) is 10.8. The van der Waals surface area contributed by atoms with Crippen LogP contribution in [0.25, 0.3) is 0 Å². The maximum Gasteiger partial charge on any atom is 0.283 e. The highest BCUT2D eigenvalue weighted by molar-refractivity contribution is 9.10. The van der Waals surface area contributed by atoms with Crippen molar-refractivity contribution in [1.82, 2.24) is 4.98 Å². The van der Waals surface area contributed by atoms with Crippen molar-refractivity contribution in [1.29, 1.82) is 0 Å². The van der Waals surface area contributed by atoms with Gasteiger partial charge in [0, 0.05) is 38.9 Å². The summed E-state index contributed by atoms with van der Waals surface area (Å²) in [6, 6.07) is 10.9. The number of rotatable bonds is 2. The van der Waals surface area contributed by atoms with Crippen LogP contribution in [-0.2, 0) is 10.3 Å². The van der Waals surface area contributed by atoms with Gasteiger partial charge in [-0.2, -0.15) is 0 Å². The summed E-state index contributed by atoms with van der Waals surface area (Å²) < 4.78 is 26.3. The average molecular weight is 518 g/mol. The molecular weight excluding hydrogens is 503 g/mol. The molecule has 0 radical (unpaired) electrons. The number of benzene rings is 2. The Balaban J connectivity index is 1.59. The molecule has 0 saturated heterocycles. The van der Waals surface area contributed by atoms with Gasteiger partial charge in [0.2, 0.25) is 5.88 Å². The normalized spacial score (nSPS) is 18.7. The first kappa shape index (κ1) is 20.7. The summed E-state index contributed by atoms with van der Waals surface area (Å²) in [6.07, 6.45) is 2.12. The third-order valence-corrected chi connectivity index (χ3v) is 6.01. The maximum atomic E-state index is 14.2. The average Bonchev–Trinajstić information content (AvgIpc) is 2.75. The fourth-order valence-corrected chi connectivity index (χ4v) is 4.41. The summed E-state index contributed by atoms with van der Waals surface area (Å²) in [5.74, 6) is -0.371. The summed E-state index contributed by atoms with van der Waals surface area (Å²) in [4.78, 5) is 21.7. The lowest BCUT2D eigenvalue weighted by Gasteiger charge is -2.38. The van der Waals surface area contributed by atoms with Crippen LogP contribution in [0.5, 0.6) is 11.6 Å². The van der Waals surface area contributed by atoms with E-state index in [0.717, 1.165) is 16.1 Å². The number of pyridine rings is 1. The topological polar surface area (TPSA) is 98.8 Å². The molecule has 2 aliphatic heterocycles. The zero-order chi connectivity index (χ0) is 22.5. The van der Waals surface area contributed by atoms with Crippen LogP contribution >= 0.6 is 27.5 Å². The van der Waals surface area contributed by atoms with Gasteiger partial charge in [0.15, 0.2) is 0 Å².